The second-order valence-electron chi connectivity index (χ2n) is 6.62. The van der Waals surface area contributed by atoms with E-state index in [-0.39, 0.29) is 12.3 Å². The van der Waals surface area contributed by atoms with E-state index in [2.05, 4.69) is 20.8 Å². The summed E-state index contributed by atoms with van der Waals surface area (Å²) in [4.78, 5) is 24.4. The maximum absolute atomic E-state index is 12.0. The van der Waals surface area contributed by atoms with Crippen LogP contribution in [-0.4, -0.2) is 35.0 Å². The van der Waals surface area contributed by atoms with Gasteiger partial charge in [-0.1, -0.05) is 20.8 Å². The largest absolute Gasteiger partial charge is 0.481 e. The molecule has 19 heavy (non-hydrogen) atoms. The van der Waals surface area contributed by atoms with E-state index in [1.807, 2.05) is 4.90 Å². The molecule has 1 saturated heterocycles. The molecule has 1 unspecified atom stereocenters. The Labute approximate surface area is 116 Å². The molecule has 0 aromatic rings. The van der Waals surface area contributed by atoms with E-state index >= 15 is 0 Å². The van der Waals surface area contributed by atoms with Crippen molar-refractivity contribution in [1.29, 1.82) is 0 Å². The van der Waals surface area contributed by atoms with Gasteiger partial charge in [-0.3, -0.25) is 9.59 Å². The maximum atomic E-state index is 12.0. The second kappa shape index (κ2) is 6.92. The predicted molar refractivity (Wildman–Crippen MR) is 74.9 cm³/mol. The Hall–Kier alpha value is -1.06. The van der Waals surface area contributed by atoms with E-state index < -0.39 is 5.97 Å². The Morgan fingerprint density at radius 1 is 1.16 bits per heavy atom. The van der Waals surface area contributed by atoms with E-state index in [1.165, 1.54) is 6.42 Å². The highest BCUT2D eigenvalue weighted by molar-refractivity contribution is 5.77. The molecular weight excluding hydrogens is 242 g/mol. The van der Waals surface area contributed by atoms with Gasteiger partial charge in [-0.15, -0.1) is 0 Å². The smallest absolute Gasteiger partial charge is 0.303 e. The van der Waals surface area contributed by atoms with Crippen molar-refractivity contribution in [2.75, 3.05) is 13.1 Å². The molecule has 1 atom stereocenters. The Balaban J connectivity index is 2.39. The quantitative estimate of drug-likeness (QED) is 0.853. The third-order valence-corrected chi connectivity index (χ3v) is 4.09. The van der Waals surface area contributed by atoms with Crippen molar-refractivity contribution in [2.45, 2.75) is 59.3 Å². The van der Waals surface area contributed by atoms with Gasteiger partial charge < -0.3 is 10.0 Å². The molecule has 1 aliphatic heterocycles. The number of likely N-dealkylation sites (tertiary alicyclic amines) is 1. The van der Waals surface area contributed by atoms with Gasteiger partial charge in [-0.2, -0.15) is 0 Å². The minimum absolute atomic E-state index is 0.0875. The molecular formula is C15H27NO3. The number of carboxylic acids is 1. The van der Waals surface area contributed by atoms with Crippen molar-refractivity contribution >= 4 is 11.9 Å². The van der Waals surface area contributed by atoms with Gasteiger partial charge in [0.1, 0.15) is 0 Å². The Kier molecular flexibility index (Phi) is 5.83. The highest BCUT2D eigenvalue weighted by Gasteiger charge is 2.28. The number of carbonyl (C=O) groups is 2. The van der Waals surface area contributed by atoms with Crippen molar-refractivity contribution < 1.29 is 14.7 Å². The Bertz CT molecular complexity index is 320. The molecule has 0 radical (unpaired) electrons. The van der Waals surface area contributed by atoms with Crippen LogP contribution in [0.15, 0.2) is 0 Å². The topological polar surface area (TPSA) is 57.6 Å². The first kappa shape index (κ1) is 16.0. The van der Waals surface area contributed by atoms with Crippen LogP contribution in [0.1, 0.15) is 59.3 Å². The summed E-state index contributed by atoms with van der Waals surface area (Å²) in [5.74, 6) is -0.0309. The zero-order valence-electron chi connectivity index (χ0n) is 12.4. The number of amides is 1. The number of carboxylic acid groups (broad SMARTS) is 1. The van der Waals surface area contributed by atoms with Crippen LogP contribution in [0.2, 0.25) is 0 Å². The molecule has 0 aromatic carbocycles. The first-order valence-electron chi connectivity index (χ1n) is 7.30. The highest BCUT2D eigenvalue weighted by Crippen LogP contribution is 2.34. The first-order valence-corrected chi connectivity index (χ1v) is 7.30. The fourth-order valence-corrected chi connectivity index (χ4v) is 2.76. The van der Waals surface area contributed by atoms with E-state index in [4.69, 9.17) is 5.11 Å². The molecule has 1 rings (SSSR count). The molecule has 0 aromatic heterocycles. The lowest BCUT2D eigenvalue weighted by atomic mass is 9.77. The van der Waals surface area contributed by atoms with E-state index in [1.54, 1.807) is 0 Å². The number of hydrogen-bond donors (Lipinski definition) is 1. The third-order valence-electron chi connectivity index (χ3n) is 4.09. The van der Waals surface area contributed by atoms with Gasteiger partial charge in [0.25, 0.3) is 0 Å². The number of nitrogens with zero attached hydrogens (tertiary/aromatic N) is 1. The van der Waals surface area contributed by atoms with Crippen LogP contribution >= 0.6 is 0 Å². The molecule has 0 aliphatic carbocycles. The summed E-state index contributed by atoms with van der Waals surface area (Å²) in [6.45, 7) is 8.46. The maximum Gasteiger partial charge on any atom is 0.303 e. The van der Waals surface area contributed by atoms with Gasteiger partial charge in [0.2, 0.25) is 5.91 Å². The Morgan fingerprint density at radius 2 is 1.84 bits per heavy atom. The predicted octanol–water partition coefficient (Wildman–Crippen LogP) is 2.92. The summed E-state index contributed by atoms with van der Waals surface area (Å²) in [5, 5.41) is 8.58. The average Bonchev–Trinajstić information content (AvgIpc) is 2.52. The fraction of sp³-hybridized carbons (Fsp3) is 0.867. The standard InChI is InChI=1S/C15H27NO3/c1-15(2,3)12-6-5-10-16(11-9-12)13(17)7-4-8-14(18)19/h12H,4-11H2,1-3H3,(H,18,19). The lowest BCUT2D eigenvalue weighted by Gasteiger charge is -2.29. The molecule has 0 bridgehead atoms. The molecule has 4 heteroatoms. The van der Waals surface area contributed by atoms with Crippen LogP contribution < -0.4 is 0 Å². The number of hydrogen-bond acceptors (Lipinski definition) is 2. The van der Waals surface area contributed by atoms with Gasteiger partial charge >= 0.3 is 5.97 Å². The summed E-state index contributed by atoms with van der Waals surface area (Å²) in [7, 11) is 0. The van der Waals surface area contributed by atoms with Crippen LogP contribution in [0.25, 0.3) is 0 Å². The van der Waals surface area contributed by atoms with Gasteiger partial charge in [0.05, 0.1) is 0 Å². The molecule has 1 heterocycles. The van der Waals surface area contributed by atoms with Crippen LogP contribution in [-0.2, 0) is 9.59 Å². The van der Waals surface area contributed by atoms with E-state index in [0.717, 1.165) is 25.9 Å². The van der Waals surface area contributed by atoms with Gasteiger partial charge in [0.15, 0.2) is 0 Å². The minimum atomic E-state index is -0.823. The van der Waals surface area contributed by atoms with E-state index in [0.29, 0.717) is 24.2 Å². The Morgan fingerprint density at radius 3 is 2.42 bits per heavy atom. The minimum Gasteiger partial charge on any atom is -0.481 e. The summed E-state index contributed by atoms with van der Waals surface area (Å²) >= 11 is 0. The molecule has 110 valence electrons. The van der Waals surface area contributed by atoms with Gasteiger partial charge in [-0.05, 0) is 37.0 Å². The van der Waals surface area contributed by atoms with Crippen molar-refractivity contribution in [1.82, 2.24) is 4.90 Å². The van der Waals surface area contributed by atoms with Crippen LogP contribution in [0.5, 0.6) is 0 Å². The molecule has 0 spiro atoms. The second-order valence-corrected chi connectivity index (χ2v) is 6.62. The lowest BCUT2D eigenvalue weighted by molar-refractivity contribution is -0.137. The zero-order chi connectivity index (χ0) is 14.5. The van der Waals surface area contributed by atoms with Gasteiger partial charge in [-0.25, -0.2) is 0 Å². The van der Waals surface area contributed by atoms with Crippen LogP contribution in [0, 0.1) is 11.3 Å². The highest BCUT2D eigenvalue weighted by atomic mass is 16.4. The monoisotopic (exact) mass is 269 g/mol. The number of carbonyl (C=O) groups excluding carboxylic acids is 1. The fourth-order valence-electron chi connectivity index (χ4n) is 2.76. The van der Waals surface area contributed by atoms with Crippen molar-refractivity contribution in [3.8, 4) is 0 Å². The van der Waals surface area contributed by atoms with E-state index in [9.17, 15) is 9.59 Å². The summed E-state index contributed by atoms with van der Waals surface area (Å²) in [6, 6.07) is 0. The van der Waals surface area contributed by atoms with Crippen LogP contribution in [0.3, 0.4) is 0 Å². The molecule has 1 N–H and O–H groups in total. The summed E-state index contributed by atoms with van der Waals surface area (Å²) in [5.41, 5.74) is 0.308. The van der Waals surface area contributed by atoms with Crippen molar-refractivity contribution in [3.63, 3.8) is 0 Å². The molecule has 1 amide bonds. The molecule has 4 nitrogen and oxygen atoms in total. The molecule has 1 aliphatic rings. The SMILES string of the molecule is CC(C)(C)C1CCCN(C(=O)CCCC(=O)O)CC1. The zero-order valence-corrected chi connectivity index (χ0v) is 12.4. The van der Waals surface area contributed by atoms with Crippen LogP contribution in [0.4, 0.5) is 0 Å². The number of rotatable bonds is 4. The van der Waals surface area contributed by atoms with Gasteiger partial charge in [0, 0.05) is 25.9 Å². The first-order chi connectivity index (χ1) is 8.80. The summed E-state index contributed by atoms with van der Waals surface area (Å²) < 4.78 is 0. The van der Waals surface area contributed by atoms with Crippen molar-refractivity contribution in [3.05, 3.63) is 0 Å². The van der Waals surface area contributed by atoms with Crippen molar-refractivity contribution in [2.24, 2.45) is 11.3 Å². The normalized spacial score (nSPS) is 21.0. The molecule has 0 saturated carbocycles. The molecule has 1 fully saturated rings. The summed E-state index contributed by atoms with van der Waals surface area (Å²) in [6.07, 6.45) is 4.22. The number of aliphatic carboxylic acids is 1. The average molecular weight is 269 g/mol. The third kappa shape index (κ3) is 5.62. The lowest BCUT2D eigenvalue weighted by Crippen LogP contribution is -2.32.